The van der Waals surface area contributed by atoms with Crippen molar-refractivity contribution in [1.29, 1.82) is 0 Å². The van der Waals surface area contributed by atoms with Crippen LogP contribution in [-0.2, 0) is 0 Å². The number of aliphatic hydroxyl groups is 1. The Balaban J connectivity index is 2.20. The summed E-state index contributed by atoms with van der Waals surface area (Å²) in [4.78, 5) is 0.228. The monoisotopic (exact) mass is 292 g/mol. The Morgan fingerprint density at radius 2 is 1.41 bits per heavy atom. The van der Waals surface area contributed by atoms with Crippen LogP contribution in [0.4, 0.5) is 0 Å². The third kappa shape index (κ3) is 3.44. The fourth-order valence-electron chi connectivity index (χ4n) is 1.73. The second-order valence-electron chi connectivity index (χ2n) is 4.00. The van der Waals surface area contributed by atoms with Crippen molar-refractivity contribution in [3.63, 3.8) is 0 Å². The quantitative estimate of drug-likeness (QED) is 0.856. The van der Waals surface area contributed by atoms with E-state index in [2.05, 4.69) is 36.4 Å². The molecule has 0 spiro atoms. The van der Waals surface area contributed by atoms with Gasteiger partial charge in [0.2, 0.25) is 0 Å². The third-order valence-electron chi connectivity index (χ3n) is 2.57. The molecule has 0 aliphatic rings. The van der Waals surface area contributed by atoms with E-state index in [1.165, 1.54) is 10.0 Å². The number of hydrogen-bond acceptors (Lipinski definition) is 1. The second kappa shape index (κ2) is 6.02. The molecule has 2 aromatic rings. The molecule has 88 valence electrons. The van der Waals surface area contributed by atoms with Gasteiger partial charge in [-0.2, -0.15) is 0 Å². The molecule has 1 N–H and O–H groups in total. The first kappa shape index (κ1) is 12.4. The van der Waals surface area contributed by atoms with Gasteiger partial charge in [-0.1, -0.05) is 0 Å². The first-order chi connectivity index (χ1) is 8.27. The van der Waals surface area contributed by atoms with Gasteiger partial charge in [0.1, 0.15) is 0 Å². The van der Waals surface area contributed by atoms with E-state index >= 15 is 0 Å². The molecule has 0 aromatic heterocycles. The fraction of sp³-hybridized carbons (Fsp3) is 0.200. The van der Waals surface area contributed by atoms with E-state index in [1.54, 1.807) is 0 Å². The topological polar surface area (TPSA) is 20.2 Å². The van der Waals surface area contributed by atoms with Crippen LogP contribution in [0.15, 0.2) is 60.7 Å². The summed E-state index contributed by atoms with van der Waals surface area (Å²) in [5, 5.41) is 9.94. The van der Waals surface area contributed by atoms with Gasteiger partial charge in [0, 0.05) is 0 Å². The van der Waals surface area contributed by atoms with Crippen molar-refractivity contribution in [3.05, 3.63) is 66.2 Å². The van der Waals surface area contributed by atoms with Crippen LogP contribution in [0.1, 0.15) is 17.3 Å². The van der Waals surface area contributed by atoms with E-state index < -0.39 is 0 Å². The van der Waals surface area contributed by atoms with E-state index in [9.17, 15) is 5.11 Å². The second-order valence-corrected chi connectivity index (χ2v) is 6.55. The molecule has 0 heterocycles. The zero-order valence-corrected chi connectivity index (χ0v) is 11.5. The van der Waals surface area contributed by atoms with Crippen molar-refractivity contribution < 1.29 is 5.11 Å². The van der Waals surface area contributed by atoms with Gasteiger partial charge < -0.3 is 0 Å². The molecule has 0 unspecified atom stereocenters. The summed E-state index contributed by atoms with van der Waals surface area (Å²) in [6, 6.07) is 20.7. The molecule has 17 heavy (non-hydrogen) atoms. The molecule has 2 rings (SSSR count). The number of hydrogen-bond donors (Lipinski definition) is 1. The predicted octanol–water partition coefficient (Wildman–Crippen LogP) is 2.14. The van der Waals surface area contributed by atoms with Gasteiger partial charge in [-0.15, -0.1) is 0 Å². The number of rotatable bonds is 4. The summed E-state index contributed by atoms with van der Waals surface area (Å²) >= 11 is 0.261. The van der Waals surface area contributed by atoms with E-state index in [4.69, 9.17) is 0 Å². The summed E-state index contributed by atoms with van der Waals surface area (Å²) in [5.74, 6) is 0. The molecule has 2 heteroatoms. The first-order valence-corrected chi connectivity index (χ1v) is 7.56. The van der Waals surface area contributed by atoms with Crippen LogP contribution in [0, 0.1) is 0 Å². The van der Waals surface area contributed by atoms with Crippen molar-refractivity contribution in [2.75, 3.05) is 0 Å². The third-order valence-corrected chi connectivity index (χ3v) is 5.64. The van der Waals surface area contributed by atoms with Crippen LogP contribution >= 0.6 is 0 Å². The summed E-state index contributed by atoms with van der Waals surface area (Å²) in [5.41, 5.74) is 1.23. The van der Waals surface area contributed by atoms with Gasteiger partial charge in [-0.05, 0) is 0 Å². The van der Waals surface area contributed by atoms with Crippen molar-refractivity contribution in [1.82, 2.24) is 0 Å². The predicted molar refractivity (Wildman–Crippen MR) is 72.7 cm³/mol. The molecule has 0 saturated carbocycles. The van der Waals surface area contributed by atoms with Crippen LogP contribution < -0.4 is 4.46 Å². The molecule has 0 aliphatic carbocycles. The maximum absolute atomic E-state index is 9.94. The number of aliphatic hydroxyl groups excluding tert-OH is 1. The maximum atomic E-state index is 9.94. The Morgan fingerprint density at radius 3 is 1.94 bits per heavy atom. The fourth-order valence-corrected chi connectivity index (χ4v) is 4.04. The van der Waals surface area contributed by atoms with Gasteiger partial charge in [0.05, 0.1) is 0 Å². The molecular formula is C15H16OSe. The molecule has 0 bridgehead atoms. The summed E-state index contributed by atoms with van der Waals surface area (Å²) in [6.07, 6.45) is -0.308. The molecule has 0 aliphatic heterocycles. The number of benzene rings is 2. The van der Waals surface area contributed by atoms with Crippen molar-refractivity contribution >= 4 is 19.4 Å². The summed E-state index contributed by atoms with van der Waals surface area (Å²) in [6.45, 7) is 1.88. The zero-order valence-electron chi connectivity index (χ0n) is 9.78. The van der Waals surface area contributed by atoms with Gasteiger partial charge in [0.25, 0.3) is 0 Å². The minimum atomic E-state index is -0.308. The molecule has 0 saturated heterocycles. The zero-order chi connectivity index (χ0) is 12.1. The van der Waals surface area contributed by atoms with E-state index in [-0.39, 0.29) is 25.9 Å². The van der Waals surface area contributed by atoms with Crippen molar-refractivity contribution in [3.8, 4) is 0 Å². The van der Waals surface area contributed by atoms with Crippen LogP contribution in [0.3, 0.4) is 0 Å². The van der Waals surface area contributed by atoms with Gasteiger partial charge in [-0.3, -0.25) is 0 Å². The molecule has 2 aromatic carbocycles. The Kier molecular flexibility index (Phi) is 4.38. The Morgan fingerprint density at radius 1 is 0.882 bits per heavy atom. The normalized spacial score (nSPS) is 14.2. The summed E-state index contributed by atoms with van der Waals surface area (Å²) in [7, 11) is 0. The van der Waals surface area contributed by atoms with Gasteiger partial charge >= 0.3 is 109 Å². The molecule has 1 nitrogen and oxygen atoms in total. The van der Waals surface area contributed by atoms with Crippen LogP contribution in [0.2, 0.25) is 0 Å². The molecule has 0 radical (unpaired) electrons. The average molecular weight is 291 g/mol. The molecule has 0 amide bonds. The van der Waals surface area contributed by atoms with Crippen LogP contribution in [0.25, 0.3) is 0 Å². The van der Waals surface area contributed by atoms with Crippen LogP contribution in [0.5, 0.6) is 0 Å². The van der Waals surface area contributed by atoms with Crippen LogP contribution in [-0.4, -0.2) is 26.2 Å². The molecule has 2 atom stereocenters. The van der Waals surface area contributed by atoms with Crippen molar-refractivity contribution in [2.24, 2.45) is 0 Å². The first-order valence-electron chi connectivity index (χ1n) is 5.72. The Bertz CT molecular complexity index is 439. The SMILES string of the molecule is C[C@@H](O)[C@@H]([Se]c1ccccc1)c1ccccc1. The minimum absolute atomic E-state index is 0.228. The summed E-state index contributed by atoms with van der Waals surface area (Å²) < 4.78 is 1.33. The molecule has 0 fully saturated rings. The Labute approximate surface area is 109 Å². The average Bonchev–Trinajstić information content (AvgIpc) is 2.38. The van der Waals surface area contributed by atoms with Gasteiger partial charge in [-0.25, -0.2) is 0 Å². The van der Waals surface area contributed by atoms with E-state index in [0.29, 0.717) is 0 Å². The Hall–Kier alpha value is -1.08. The standard InChI is InChI=1S/C15H16OSe/c1-12(16)15(13-8-4-2-5-9-13)17-14-10-6-3-7-11-14/h2-12,15-16H,1H3/t12-,15-/m1/s1. The van der Waals surface area contributed by atoms with Gasteiger partial charge in [0.15, 0.2) is 0 Å². The van der Waals surface area contributed by atoms with Crippen molar-refractivity contribution in [2.45, 2.75) is 17.8 Å². The van der Waals surface area contributed by atoms with E-state index in [1.807, 2.05) is 31.2 Å². The van der Waals surface area contributed by atoms with E-state index in [0.717, 1.165) is 0 Å². The molecular weight excluding hydrogens is 275 g/mol.